The summed E-state index contributed by atoms with van der Waals surface area (Å²) < 4.78 is 29.6. The summed E-state index contributed by atoms with van der Waals surface area (Å²) in [4.78, 5) is 21.1. The zero-order chi connectivity index (χ0) is 23.5. The summed E-state index contributed by atoms with van der Waals surface area (Å²) in [6.07, 6.45) is 3.18. The third-order valence-corrected chi connectivity index (χ3v) is 5.85. The van der Waals surface area contributed by atoms with Gasteiger partial charge in [0.15, 0.2) is 11.0 Å². The van der Waals surface area contributed by atoms with E-state index in [4.69, 9.17) is 0 Å². The average molecular weight is 474 g/mol. The Bertz CT molecular complexity index is 1490. The van der Waals surface area contributed by atoms with Crippen LogP contribution >= 0.6 is 11.8 Å². The number of nitrogens with zero attached hydrogens (tertiary/aromatic N) is 5. The Morgan fingerprint density at radius 2 is 1.68 bits per heavy atom. The molecule has 168 valence electrons. The first-order valence-electron chi connectivity index (χ1n) is 10.2. The molecule has 5 rings (SSSR count). The summed E-state index contributed by atoms with van der Waals surface area (Å²) in [7, 11) is 0. The first-order valence-corrected chi connectivity index (χ1v) is 11.2. The van der Waals surface area contributed by atoms with Gasteiger partial charge in [0, 0.05) is 23.8 Å². The number of hydrogen-bond acceptors (Lipinski definition) is 6. The van der Waals surface area contributed by atoms with Crippen LogP contribution in [0.3, 0.4) is 0 Å². The van der Waals surface area contributed by atoms with Gasteiger partial charge in [-0.2, -0.15) is 0 Å². The molecule has 5 aromatic rings. The maximum absolute atomic E-state index is 14.5. The first-order chi connectivity index (χ1) is 16.6. The van der Waals surface area contributed by atoms with E-state index in [9.17, 15) is 13.6 Å². The van der Waals surface area contributed by atoms with Crippen LogP contribution < -0.4 is 5.32 Å². The SMILES string of the molecule is O=C(CSc1nnc(-c2ccccc2F)n1-c1ccc(F)cc1)Nc1ccc2nccnc2c1. The van der Waals surface area contributed by atoms with E-state index in [0.717, 1.165) is 17.3 Å². The molecule has 0 unspecified atom stereocenters. The molecule has 0 aliphatic heterocycles. The summed E-state index contributed by atoms with van der Waals surface area (Å²) in [5.74, 6) is -0.866. The molecule has 0 fully saturated rings. The van der Waals surface area contributed by atoms with Crippen molar-refractivity contribution in [3.05, 3.63) is 90.8 Å². The van der Waals surface area contributed by atoms with Crippen LogP contribution in [-0.4, -0.2) is 36.4 Å². The van der Waals surface area contributed by atoms with Crippen LogP contribution in [0, 0.1) is 11.6 Å². The Hall–Kier alpha value is -4.18. The maximum atomic E-state index is 14.5. The normalized spacial score (nSPS) is 11.0. The lowest BCUT2D eigenvalue weighted by molar-refractivity contribution is -0.113. The van der Waals surface area contributed by atoms with Gasteiger partial charge in [0.25, 0.3) is 0 Å². The minimum Gasteiger partial charge on any atom is -0.325 e. The molecule has 3 aromatic carbocycles. The highest BCUT2D eigenvalue weighted by molar-refractivity contribution is 7.99. The van der Waals surface area contributed by atoms with Crippen LogP contribution in [0.1, 0.15) is 0 Å². The van der Waals surface area contributed by atoms with E-state index in [1.807, 2.05) is 0 Å². The van der Waals surface area contributed by atoms with E-state index in [-0.39, 0.29) is 23.0 Å². The molecule has 0 spiro atoms. The molecule has 1 N–H and O–H groups in total. The molecule has 0 bridgehead atoms. The number of hydrogen-bond donors (Lipinski definition) is 1. The Kier molecular flexibility index (Phi) is 5.96. The minimum absolute atomic E-state index is 0.0229. The van der Waals surface area contributed by atoms with Gasteiger partial charge in [0.05, 0.1) is 22.3 Å². The molecule has 0 radical (unpaired) electrons. The number of rotatable bonds is 6. The molecule has 2 heterocycles. The molecular weight excluding hydrogens is 458 g/mol. The fourth-order valence-electron chi connectivity index (χ4n) is 3.37. The van der Waals surface area contributed by atoms with Gasteiger partial charge in [-0.25, -0.2) is 8.78 Å². The van der Waals surface area contributed by atoms with Crippen molar-refractivity contribution >= 4 is 34.4 Å². The van der Waals surface area contributed by atoms with Crippen LogP contribution in [0.5, 0.6) is 0 Å². The predicted octanol–water partition coefficient (Wildman–Crippen LogP) is 4.89. The molecule has 0 saturated heterocycles. The molecule has 0 atom stereocenters. The molecule has 2 aromatic heterocycles. The summed E-state index contributed by atoms with van der Waals surface area (Å²) in [6, 6.07) is 17.1. The van der Waals surface area contributed by atoms with Gasteiger partial charge < -0.3 is 5.32 Å². The number of halogens is 2. The van der Waals surface area contributed by atoms with Crippen LogP contribution in [0.15, 0.2) is 84.3 Å². The lowest BCUT2D eigenvalue weighted by Crippen LogP contribution is -2.14. The van der Waals surface area contributed by atoms with Gasteiger partial charge in [-0.1, -0.05) is 23.9 Å². The van der Waals surface area contributed by atoms with E-state index in [1.165, 1.54) is 18.2 Å². The average Bonchev–Trinajstić information content (AvgIpc) is 3.27. The third kappa shape index (κ3) is 4.48. The van der Waals surface area contributed by atoms with Crippen molar-refractivity contribution in [1.82, 2.24) is 24.7 Å². The second-order valence-corrected chi connectivity index (χ2v) is 8.14. The first kappa shape index (κ1) is 21.7. The van der Waals surface area contributed by atoms with Crippen molar-refractivity contribution in [2.45, 2.75) is 5.16 Å². The van der Waals surface area contributed by atoms with E-state index < -0.39 is 11.6 Å². The van der Waals surface area contributed by atoms with Crippen molar-refractivity contribution < 1.29 is 13.6 Å². The number of fused-ring (bicyclic) bond motifs is 1. The van der Waals surface area contributed by atoms with Gasteiger partial charge in [-0.15, -0.1) is 10.2 Å². The molecule has 34 heavy (non-hydrogen) atoms. The van der Waals surface area contributed by atoms with Crippen molar-refractivity contribution in [2.24, 2.45) is 0 Å². The second kappa shape index (κ2) is 9.36. The van der Waals surface area contributed by atoms with Crippen LogP contribution in [0.2, 0.25) is 0 Å². The van der Waals surface area contributed by atoms with Crippen molar-refractivity contribution in [3.8, 4) is 17.1 Å². The summed E-state index contributed by atoms with van der Waals surface area (Å²) in [6.45, 7) is 0. The lowest BCUT2D eigenvalue weighted by Gasteiger charge is -2.11. The zero-order valence-electron chi connectivity index (χ0n) is 17.5. The van der Waals surface area contributed by atoms with Crippen molar-refractivity contribution in [3.63, 3.8) is 0 Å². The largest absolute Gasteiger partial charge is 0.325 e. The van der Waals surface area contributed by atoms with Crippen molar-refractivity contribution in [1.29, 1.82) is 0 Å². The highest BCUT2D eigenvalue weighted by atomic mass is 32.2. The summed E-state index contributed by atoms with van der Waals surface area (Å²) in [5, 5.41) is 11.5. The second-order valence-electron chi connectivity index (χ2n) is 7.19. The maximum Gasteiger partial charge on any atom is 0.234 e. The Morgan fingerprint density at radius 3 is 2.47 bits per heavy atom. The number of anilines is 1. The molecule has 10 heteroatoms. The highest BCUT2D eigenvalue weighted by Gasteiger charge is 2.19. The third-order valence-electron chi connectivity index (χ3n) is 4.92. The number of thioether (sulfide) groups is 1. The number of amides is 1. The van der Waals surface area contributed by atoms with Crippen LogP contribution in [0.4, 0.5) is 14.5 Å². The Balaban J connectivity index is 1.40. The summed E-state index contributed by atoms with van der Waals surface area (Å²) >= 11 is 1.13. The molecule has 7 nitrogen and oxygen atoms in total. The van der Waals surface area contributed by atoms with E-state index >= 15 is 0 Å². The minimum atomic E-state index is -0.466. The van der Waals surface area contributed by atoms with Crippen molar-refractivity contribution in [2.75, 3.05) is 11.1 Å². The highest BCUT2D eigenvalue weighted by Crippen LogP contribution is 2.29. The van der Waals surface area contributed by atoms with Crippen LogP contribution in [0.25, 0.3) is 28.1 Å². The number of aromatic nitrogens is 5. The van der Waals surface area contributed by atoms with Gasteiger partial charge >= 0.3 is 0 Å². The van der Waals surface area contributed by atoms with Gasteiger partial charge in [0.1, 0.15) is 11.6 Å². The number of carbonyl (C=O) groups excluding carboxylic acids is 1. The Morgan fingerprint density at radius 1 is 0.912 bits per heavy atom. The zero-order valence-corrected chi connectivity index (χ0v) is 18.3. The lowest BCUT2D eigenvalue weighted by atomic mass is 10.2. The molecular formula is C24H16F2N6OS. The van der Waals surface area contributed by atoms with E-state index in [2.05, 4.69) is 25.5 Å². The molecule has 1 amide bonds. The summed E-state index contributed by atoms with van der Waals surface area (Å²) in [5.41, 5.74) is 2.76. The topological polar surface area (TPSA) is 85.6 Å². The predicted molar refractivity (Wildman–Crippen MR) is 126 cm³/mol. The quantitative estimate of drug-likeness (QED) is 0.353. The fourth-order valence-corrected chi connectivity index (χ4v) is 4.12. The molecule has 0 aliphatic rings. The van der Waals surface area contributed by atoms with Gasteiger partial charge in [-0.3, -0.25) is 19.3 Å². The van der Waals surface area contributed by atoms with Gasteiger partial charge in [-0.05, 0) is 54.6 Å². The molecule has 0 saturated carbocycles. The number of benzene rings is 3. The smallest absolute Gasteiger partial charge is 0.234 e. The van der Waals surface area contributed by atoms with E-state index in [0.29, 0.717) is 22.0 Å². The Labute approximate surface area is 196 Å². The molecule has 0 aliphatic carbocycles. The van der Waals surface area contributed by atoms with Gasteiger partial charge in [0.2, 0.25) is 5.91 Å². The fraction of sp³-hybridized carbons (Fsp3) is 0.0417. The number of nitrogens with one attached hydrogen (secondary N) is 1. The standard InChI is InChI=1S/C24H16F2N6OS/c25-15-5-8-17(9-6-15)32-23(18-3-1-2-4-19(18)26)30-31-24(32)34-14-22(33)29-16-7-10-20-21(13-16)28-12-11-27-20/h1-13H,14H2,(H,29,33). The number of carbonyl (C=O) groups is 1. The van der Waals surface area contributed by atoms with Crippen LogP contribution in [-0.2, 0) is 4.79 Å². The monoisotopic (exact) mass is 474 g/mol. The van der Waals surface area contributed by atoms with E-state index in [1.54, 1.807) is 65.5 Å².